The van der Waals surface area contributed by atoms with Gasteiger partial charge < -0.3 is 10.1 Å². The molecule has 70 valence electrons. The minimum Gasteiger partial charge on any atom is -0.508 e. The summed E-state index contributed by atoms with van der Waals surface area (Å²) in [6, 6.07) is 7.13. The number of nitrogens with zero attached hydrogens (tertiary/aromatic N) is 2. The highest BCUT2D eigenvalue weighted by Gasteiger charge is 1.90. The molecule has 0 unspecified atom stereocenters. The number of rotatable bonds is 3. The van der Waals surface area contributed by atoms with Crippen LogP contribution in [0.4, 0.5) is 0 Å². The van der Waals surface area contributed by atoms with Crippen LogP contribution in [0.25, 0.3) is 0 Å². The van der Waals surface area contributed by atoms with Crippen molar-refractivity contribution in [3.8, 4) is 5.75 Å². The molecule has 0 aliphatic heterocycles. The zero-order valence-corrected chi connectivity index (χ0v) is 7.94. The zero-order valence-electron chi connectivity index (χ0n) is 7.94. The first kappa shape index (κ1) is 9.58. The van der Waals surface area contributed by atoms with Crippen LogP contribution < -0.4 is 0 Å². The summed E-state index contributed by atoms with van der Waals surface area (Å²) in [6.07, 6.45) is 2.63. The van der Waals surface area contributed by atoms with Crippen molar-refractivity contribution >= 4 is 6.21 Å². The van der Waals surface area contributed by atoms with E-state index in [1.54, 1.807) is 17.1 Å². The molecule has 0 atom stereocenters. The predicted molar refractivity (Wildman–Crippen MR) is 54.0 cm³/mol. The maximum absolute atomic E-state index is 9.03. The molecule has 0 fully saturated rings. The standard InChI is InChI=1S/C10H14N2O/c1-12(2)11-8-7-9-3-5-10(13)6-4-9/h3-6,8,13H,7H2,1-2H3. The number of hydrogen-bond acceptors (Lipinski definition) is 3. The molecule has 1 aromatic carbocycles. The number of phenolic OH excluding ortho intramolecular Hbond substituents is 1. The third kappa shape index (κ3) is 3.60. The molecule has 0 amide bonds. The highest BCUT2D eigenvalue weighted by atomic mass is 16.3. The summed E-state index contributed by atoms with van der Waals surface area (Å²) in [5.74, 6) is 0.299. The molecule has 0 heterocycles. The van der Waals surface area contributed by atoms with Crippen LogP contribution >= 0.6 is 0 Å². The molecule has 0 aromatic heterocycles. The van der Waals surface area contributed by atoms with Crippen molar-refractivity contribution in [3.63, 3.8) is 0 Å². The maximum atomic E-state index is 9.03. The fraction of sp³-hybridized carbons (Fsp3) is 0.300. The van der Waals surface area contributed by atoms with Gasteiger partial charge in [0.05, 0.1) is 0 Å². The van der Waals surface area contributed by atoms with E-state index in [0.717, 1.165) is 12.0 Å². The number of hydrogen-bond donors (Lipinski definition) is 1. The quantitative estimate of drug-likeness (QED) is 0.562. The van der Waals surface area contributed by atoms with Gasteiger partial charge in [0.25, 0.3) is 0 Å². The summed E-state index contributed by atoms with van der Waals surface area (Å²) in [6.45, 7) is 0. The lowest BCUT2D eigenvalue weighted by atomic mass is 10.2. The third-order valence-corrected chi connectivity index (χ3v) is 1.58. The average Bonchev–Trinajstić information content (AvgIpc) is 2.08. The lowest BCUT2D eigenvalue weighted by Crippen LogP contribution is -2.02. The van der Waals surface area contributed by atoms with Gasteiger partial charge in [-0.3, -0.25) is 0 Å². The Labute approximate surface area is 78.3 Å². The van der Waals surface area contributed by atoms with Gasteiger partial charge >= 0.3 is 0 Å². The lowest BCUT2D eigenvalue weighted by molar-refractivity contribution is 0.439. The van der Waals surface area contributed by atoms with Gasteiger partial charge in [0, 0.05) is 26.7 Å². The number of benzene rings is 1. The Balaban J connectivity index is 2.50. The second-order valence-electron chi connectivity index (χ2n) is 3.02. The normalized spacial score (nSPS) is 10.6. The Kier molecular flexibility index (Phi) is 3.31. The molecule has 0 bridgehead atoms. The van der Waals surface area contributed by atoms with E-state index in [9.17, 15) is 0 Å². The summed E-state index contributed by atoms with van der Waals surface area (Å²) >= 11 is 0. The molecule has 3 heteroatoms. The maximum Gasteiger partial charge on any atom is 0.115 e. The van der Waals surface area contributed by atoms with Crippen LogP contribution in [0.3, 0.4) is 0 Å². The summed E-state index contributed by atoms with van der Waals surface area (Å²) < 4.78 is 0. The van der Waals surface area contributed by atoms with Crippen LogP contribution in [0.2, 0.25) is 0 Å². The van der Waals surface area contributed by atoms with E-state index in [2.05, 4.69) is 5.10 Å². The van der Waals surface area contributed by atoms with Gasteiger partial charge in [-0.1, -0.05) is 12.1 Å². The van der Waals surface area contributed by atoms with Gasteiger partial charge in [0.15, 0.2) is 0 Å². The molecular weight excluding hydrogens is 164 g/mol. The van der Waals surface area contributed by atoms with Gasteiger partial charge in [-0.05, 0) is 17.7 Å². The van der Waals surface area contributed by atoms with Crippen LogP contribution in [0.15, 0.2) is 29.4 Å². The lowest BCUT2D eigenvalue weighted by Gasteiger charge is -2.02. The van der Waals surface area contributed by atoms with E-state index in [-0.39, 0.29) is 0 Å². The predicted octanol–water partition coefficient (Wildman–Crippen LogP) is 1.48. The van der Waals surface area contributed by atoms with Gasteiger partial charge in [-0.25, -0.2) is 0 Å². The van der Waals surface area contributed by atoms with Crippen LogP contribution in [0.5, 0.6) is 5.75 Å². The Morgan fingerprint density at radius 3 is 2.46 bits per heavy atom. The second-order valence-corrected chi connectivity index (χ2v) is 3.02. The van der Waals surface area contributed by atoms with Gasteiger partial charge in [-0.15, -0.1) is 0 Å². The molecule has 1 N–H and O–H groups in total. The van der Waals surface area contributed by atoms with Crippen molar-refractivity contribution in [2.45, 2.75) is 6.42 Å². The first-order valence-electron chi connectivity index (χ1n) is 4.16. The van der Waals surface area contributed by atoms with Crippen molar-refractivity contribution in [2.24, 2.45) is 5.10 Å². The molecule has 0 saturated carbocycles. The van der Waals surface area contributed by atoms with E-state index >= 15 is 0 Å². The number of aromatic hydroxyl groups is 1. The first-order chi connectivity index (χ1) is 6.18. The van der Waals surface area contributed by atoms with Crippen LogP contribution in [0.1, 0.15) is 5.56 Å². The van der Waals surface area contributed by atoms with Gasteiger partial charge in [0.1, 0.15) is 5.75 Å². The van der Waals surface area contributed by atoms with E-state index in [1.807, 2.05) is 32.4 Å². The highest BCUT2D eigenvalue weighted by molar-refractivity contribution is 5.61. The number of phenols is 1. The molecule has 0 radical (unpaired) electrons. The Morgan fingerprint density at radius 2 is 1.92 bits per heavy atom. The second kappa shape index (κ2) is 4.50. The third-order valence-electron chi connectivity index (χ3n) is 1.58. The Bertz CT molecular complexity index is 277. The van der Waals surface area contributed by atoms with Gasteiger partial charge in [-0.2, -0.15) is 5.10 Å². The van der Waals surface area contributed by atoms with E-state index in [0.29, 0.717) is 5.75 Å². The monoisotopic (exact) mass is 178 g/mol. The average molecular weight is 178 g/mol. The summed E-state index contributed by atoms with van der Waals surface area (Å²) in [5.41, 5.74) is 1.14. The highest BCUT2D eigenvalue weighted by Crippen LogP contribution is 2.09. The molecule has 0 aliphatic rings. The zero-order chi connectivity index (χ0) is 9.68. The smallest absolute Gasteiger partial charge is 0.115 e. The summed E-state index contributed by atoms with van der Waals surface area (Å²) in [7, 11) is 3.76. The van der Waals surface area contributed by atoms with Crippen molar-refractivity contribution in [1.82, 2.24) is 5.01 Å². The van der Waals surface area contributed by atoms with Crippen LogP contribution in [-0.4, -0.2) is 30.4 Å². The molecular formula is C10H14N2O. The molecule has 3 nitrogen and oxygen atoms in total. The summed E-state index contributed by atoms with van der Waals surface area (Å²) in [4.78, 5) is 0. The van der Waals surface area contributed by atoms with Crippen LogP contribution in [0, 0.1) is 0 Å². The van der Waals surface area contributed by atoms with Crippen molar-refractivity contribution in [1.29, 1.82) is 0 Å². The minimum absolute atomic E-state index is 0.299. The molecule has 13 heavy (non-hydrogen) atoms. The van der Waals surface area contributed by atoms with Crippen molar-refractivity contribution < 1.29 is 5.11 Å². The molecule has 0 saturated heterocycles. The molecule has 1 aromatic rings. The van der Waals surface area contributed by atoms with E-state index < -0.39 is 0 Å². The van der Waals surface area contributed by atoms with Gasteiger partial charge in [0.2, 0.25) is 0 Å². The topological polar surface area (TPSA) is 35.8 Å². The van der Waals surface area contributed by atoms with Crippen LogP contribution in [-0.2, 0) is 6.42 Å². The minimum atomic E-state index is 0.299. The molecule has 0 aliphatic carbocycles. The number of hydrazone groups is 1. The van der Waals surface area contributed by atoms with E-state index in [1.165, 1.54) is 0 Å². The molecule has 1 rings (SSSR count). The first-order valence-corrected chi connectivity index (χ1v) is 4.16. The fourth-order valence-corrected chi connectivity index (χ4v) is 0.942. The largest absolute Gasteiger partial charge is 0.508 e. The van der Waals surface area contributed by atoms with Crippen molar-refractivity contribution in [3.05, 3.63) is 29.8 Å². The van der Waals surface area contributed by atoms with Crippen molar-refractivity contribution in [2.75, 3.05) is 14.1 Å². The Morgan fingerprint density at radius 1 is 1.31 bits per heavy atom. The van der Waals surface area contributed by atoms with E-state index in [4.69, 9.17) is 5.11 Å². The molecule has 0 spiro atoms. The Hall–Kier alpha value is -1.51. The fourth-order valence-electron chi connectivity index (χ4n) is 0.942. The SMILES string of the molecule is CN(C)N=CCc1ccc(O)cc1. The summed E-state index contributed by atoms with van der Waals surface area (Å²) in [5, 5.41) is 14.9.